The van der Waals surface area contributed by atoms with E-state index in [1.165, 1.54) is 5.56 Å². The van der Waals surface area contributed by atoms with E-state index in [9.17, 15) is 19.8 Å². The van der Waals surface area contributed by atoms with Crippen molar-refractivity contribution in [2.24, 2.45) is 17.8 Å². The number of nitrogens with zero attached hydrogens (tertiary/aromatic N) is 2. The quantitative estimate of drug-likeness (QED) is 0.829. The average molecular weight is 386 g/mol. The number of fused-ring (bicyclic) bond motifs is 1. The lowest BCUT2D eigenvalue weighted by Crippen LogP contribution is -2.38. The van der Waals surface area contributed by atoms with Crippen LogP contribution >= 0.6 is 0 Å². The number of rotatable bonds is 3. The van der Waals surface area contributed by atoms with Crippen molar-refractivity contribution in [3.8, 4) is 0 Å². The van der Waals surface area contributed by atoms with Gasteiger partial charge in [0, 0.05) is 31.7 Å². The Balaban J connectivity index is 1.40. The Hall–Kier alpha value is -1.92. The van der Waals surface area contributed by atoms with Crippen LogP contribution in [0.1, 0.15) is 44.6 Å². The van der Waals surface area contributed by atoms with Crippen LogP contribution < -0.4 is 4.90 Å². The van der Waals surface area contributed by atoms with Crippen LogP contribution in [0.25, 0.3) is 0 Å². The van der Waals surface area contributed by atoms with Crippen LogP contribution in [0.2, 0.25) is 0 Å². The monoisotopic (exact) mass is 386 g/mol. The smallest absolute Gasteiger partial charge is 0.228 e. The molecule has 152 valence electrons. The molecular weight excluding hydrogens is 356 g/mol. The molecule has 2 N–H and O–H groups in total. The van der Waals surface area contributed by atoms with E-state index in [2.05, 4.69) is 13.8 Å². The SMILES string of the molecule is CC(C)c1ccc(N2CC(C(=O)N3C[C@H]4C[C@H](O)[C@H](O)C[C@H]4C3)CC2=O)cc1. The molecule has 0 radical (unpaired) electrons. The molecule has 6 nitrogen and oxygen atoms in total. The molecular formula is C22H30N2O4. The minimum atomic E-state index is -0.686. The van der Waals surface area contributed by atoms with Crippen molar-refractivity contribution in [2.75, 3.05) is 24.5 Å². The maximum absolute atomic E-state index is 13.0. The summed E-state index contributed by atoms with van der Waals surface area (Å²) in [5.74, 6) is 0.657. The zero-order valence-corrected chi connectivity index (χ0v) is 16.6. The topological polar surface area (TPSA) is 81.1 Å². The number of anilines is 1. The fourth-order valence-electron chi connectivity index (χ4n) is 5.01. The van der Waals surface area contributed by atoms with Crippen molar-refractivity contribution in [1.29, 1.82) is 0 Å². The summed E-state index contributed by atoms with van der Waals surface area (Å²) in [4.78, 5) is 29.2. The van der Waals surface area contributed by atoms with Crippen molar-refractivity contribution in [2.45, 2.75) is 51.2 Å². The van der Waals surface area contributed by atoms with Gasteiger partial charge >= 0.3 is 0 Å². The van der Waals surface area contributed by atoms with E-state index in [0.29, 0.717) is 38.4 Å². The number of aliphatic hydroxyl groups excluding tert-OH is 2. The van der Waals surface area contributed by atoms with Crippen molar-refractivity contribution >= 4 is 17.5 Å². The van der Waals surface area contributed by atoms with Gasteiger partial charge in [-0.2, -0.15) is 0 Å². The van der Waals surface area contributed by atoms with Crippen LogP contribution in [0.5, 0.6) is 0 Å². The molecule has 1 aliphatic carbocycles. The molecule has 1 unspecified atom stereocenters. The van der Waals surface area contributed by atoms with Gasteiger partial charge in [0.1, 0.15) is 0 Å². The lowest BCUT2D eigenvalue weighted by molar-refractivity contribution is -0.135. The predicted octanol–water partition coefficient (Wildman–Crippen LogP) is 1.75. The molecule has 3 fully saturated rings. The normalized spacial score (nSPS) is 32.9. The number of carbonyl (C=O) groups is 2. The number of likely N-dealkylation sites (tertiary alicyclic amines) is 1. The first-order valence-electron chi connectivity index (χ1n) is 10.4. The van der Waals surface area contributed by atoms with Crippen LogP contribution in [0, 0.1) is 17.8 Å². The Labute approximate surface area is 166 Å². The first-order chi connectivity index (χ1) is 13.3. The van der Waals surface area contributed by atoms with Crippen molar-refractivity contribution in [1.82, 2.24) is 4.90 Å². The highest BCUT2D eigenvalue weighted by molar-refractivity contribution is 6.00. The van der Waals surface area contributed by atoms with Gasteiger partial charge in [-0.05, 0) is 48.3 Å². The Bertz CT molecular complexity index is 729. The molecule has 6 heteroatoms. The van der Waals surface area contributed by atoms with Crippen LogP contribution in [0.15, 0.2) is 24.3 Å². The Kier molecular flexibility index (Phi) is 5.19. The van der Waals surface area contributed by atoms with Gasteiger partial charge in [0.2, 0.25) is 11.8 Å². The lowest BCUT2D eigenvalue weighted by atomic mass is 9.79. The van der Waals surface area contributed by atoms with Crippen LogP contribution in [0.3, 0.4) is 0 Å². The van der Waals surface area contributed by atoms with Gasteiger partial charge in [0.05, 0.1) is 18.1 Å². The summed E-state index contributed by atoms with van der Waals surface area (Å²) in [6.07, 6.45) is -0.0227. The number of aliphatic hydroxyl groups is 2. The molecule has 5 atom stereocenters. The maximum Gasteiger partial charge on any atom is 0.228 e. The summed E-state index contributed by atoms with van der Waals surface area (Å²) in [5, 5.41) is 19.8. The van der Waals surface area contributed by atoms with Crippen molar-refractivity contribution in [3.05, 3.63) is 29.8 Å². The zero-order valence-electron chi connectivity index (χ0n) is 16.6. The minimum absolute atomic E-state index is 0.00175. The van der Waals surface area contributed by atoms with E-state index in [0.717, 1.165) is 5.69 Å². The third kappa shape index (κ3) is 3.55. The molecule has 3 aliphatic rings. The van der Waals surface area contributed by atoms with Crippen LogP contribution in [0.4, 0.5) is 5.69 Å². The van der Waals surface area contributed by atoms with Crippen LogP contribution in [-0.4, -0.2) is 58.8 Å². The number of hydrogen-bond donors (Lipinski definition) is 2. The maximum atomic E-state index is 13.0. The molecule has 0 bridgehead atoms. The minimum Gasteiger partial charge on any atom is -0.390 e. The molecule has 2 aliphatic heterocycles. The number of hydrogen-bond acceptors (Lipinski definition) is 4. The first-order valence-corrected chi connectivity index (χ1v) is 10.4. The molecule has 1 saturated carbocycles. The van der Waals surface area contributed by atoms with Gasteiger partial charge in [0.15, 0.2) is 0 Å². The molecule has 2 amide bonds. The van der Waals surface area contributed by atoms with E-state index in [1.807, 2.05) is 29.2 Å². The highest BCUT2D eigenvalue weighted by atomic mass is 16.3. The second-order valence-electron chi connectivity index (χ2n) is 9.02. The van der Waals surface area contributed by atoms with Crippen molar-refractivity contribution < 1.29 is 19.8 Å². The zero-order chi connectivity index (χ0) is 20.0. The molecule has 28 heavy (non-hydrogen) atoms. The Morgan fingerprint density at radius 3 is 2.11 bits per heavy atom. The molecule has 1 aromatic rings. The van der Waals surface area contributed by atoms with Gasteiger partial charge in [-0.25, -0.2) is 0 Å². The van der Waals surface area contributed by atoms with E-state index < -0.39 is 12.2 Å². The second kappa shape index (κ2) is 7.48. The fourth-order valence-corrected chi connectivity index (χ4v) is 5.01. The van der Waals surface area contributed by atoms with Gasteiger partial charge in [-0.3, -0.25) is 9.59 Å². The summed E-state index contributed by atoms with van der Waals surface area (Å²) in [5.41, 5.74) is 2.08. The molecule has 2 saturated heterocycles. The van der Waals surface area contributed by atoms with Gasteiger partial charge < -0.3 is 20.0 Å². The van der Waals surface area contributed by atoms with E-state index in [4.69, 9.17) is 0 Å². The summed E-state index contributed by atoms with van der Waals surface area (Å²) in [6.45, 7) is 5.95. The average Bonchev–Trinajstić information content (AvgIpc) is 3.25. The van der Waals surface area contributed by atoms with Gasteiger partial charge in [0.25, 0.3) is 0 Å². The highest BCUT2D eigenvalue weighted by Crippen LogP contribution is 2.38. The number of carbonyl (C=O) groups excluding carboxylic acids is 2. The largest absolute Gasteiger partial charge is 0.390 e. The summed E-state index contributed by atoms with van der Waals surface area (Å²) >= 11 is 0. The summed E-state index contributed by atoms with van der Waals surface area (Å²) in [7, 11) is 0. The fraction of sp³-hybridized carbons (Fsp3) is 0.636. The summed E-state index contributed by atoms with van der Waals surface area (Å²) in [6, 6.07) is 8.02. The lowest BCUT2D eigenvalue weighted by Gasteiger charge is -2.31. The molecule has 4 rings (SSSR count). The van der Waals surface area contributed by atoms with Gasteiger partial charge in [-0.1, -0.05) is 26.0 Å². The van der Waals surface area contributed by atoms with E-state index in [1.54, 1.807) is 4.90 Å². The third-order valence-electron chi connectivity index (χ3n) is 6.77. The predicted molar refractivity (Wildman–Crippen MR) is 106 cm³/mol. The Morgan fingerprint density at radius 1 is 1.00 bits per heavy atom. The Morgan fingerprint density at radius 2 is 1.57 bits per heavy atom. The third-order valence-corrected chi connectivity index (χ3v) is 6.77. The van der Waals surface area contributed by atoms with Gasteiger partial charge in [-0.15, -0.1) is 0 Å². The highest BCUT2D eigenvalue weighted by Gasteiger charge is 2.45. The number of amides is 2. The standard InChI is InChI=1S/C22H30N2O4/c1-13(2)14-3-5-18(6-4-14)24-12-17(9-21(24)27)22(28)23-10-15-7-19(25)20(26)8-16(15)11-23/h3-6,13,15-17,19-20,25-26H,7-12H2,1-2H3/t15-,16+,17?,19+,20-. The molecule has 1 aromatic carbocycles. The molecule has 0 spiro atoms. The van der Waals surface area contributed by atoms with E-state index >= 15 is 0 Å². The molecule has 2 heterocycles. The number of benzene rings is 1. The van der Waals surface area contributed by atoms with Crippen LogP contribution in [-0.2, 0) is 9.59 Å². The summed E-state index contributed by atoms with van der Waals surface area (Å²) < 4.78 is 0. The molecule has 0 aromatic heterocycles. The first kappa shape index (κ1) is 19.4. The van der Waals surface area contributed by atoms with E-state index in [-0.39, 0.29) is 36.0 Å². The second-order valence-corrected chi connectivity index (χ2v) is 9.02. The van der Waals surface area contributed by atoms with Crippen molar-refractivity contribution in [3.63, 3.8) is 0 Å².